The molecule has 6 nitrogen and oxygen atoms in total. The van der Waals surface area contributed by atoms with Gasteiger partial charge in [-0.2, -0.15) is 0 Å². The lowest BCUT2D eigenvalue weighted by Gasteiger charge is -2.39. The first kappa shape index (κ1) is 14.1. The lowest BCUT2D eigenvalue weighted by molar-refractivity contribution is -0.141. The number of carbonyl (C=O) groups excluding carboxylic acids is 1. The number of hydrogen-bond donors (Lipinski definition) is 2. The average Bonchev–Trinajstić information content (AvgIpc) is 2.78. The zero-order valence-corrected chi connectivity index (χ0v) is 11.5. The Morgan fingerprint density at radius 3 is 2.63 bits per heavy atom. The number of hydrogen-bond acceptors (Lipinski definition) is 3. The third kappa shape index (κ3) is 3.00. The monoisotopic (exact) mass is 270 g/mol. The molecule has 0 aromatic rings. The highest BCUT2D eigenvalue weighted by molar-refractivity contribution is 5.83. The van der Waals surface area contributed by atoms with Crippen LogP contribution in [0.25, 0.3) is 0 Å². The van der Waals surface area contributed by atoms with Crippen LogP contribution >= 0.6 is 0 Å². The molecule has 2 amide bonds. The van der Waals surface area contributed by atoms with E-state index in [1.807, 2.05) is 0 Å². The van der Waals surface area contributed by atoms with E-state index in [2.05, 4.69) is 12.2 Å². The van der Waals surface area contributed by atoms with Gasteiger partial charge in [0.1, 0.15) is 6.04 Å². The molecule has 1 aliphatic carbocycles. The third-order valence-corrected chi connectivity index (χ3v) is 4.37. The van der Waals surface area contributed by atoms with E-state index in [0.717, 1.165) is 12.8 Å². The maximum atomic E-state index is 12.1. The zero-order valence-electron chi connectivity index (χ0n) is 11.5. The molecule has 1 saturated carbocycles. The van der Waals surface area contributed by atoms with Crippen molar-refractivity contribution >= 4 is 12.0 Å². The van der Waals surface area contributed by atoms with Crippen LogP contribution in [0.1, 0.15) is 32.6 Å². The average molecular weight is 270 g/mol. The quantitative estimate of drug-likeness (QED) is 0.800. The zero-order chi connectivity index (χ0) is 14.0. The van der Waals surface area contributed by atoms with Crippen molar-refractivity contribution in [2.45, 2.75) is 44.8 Å². The number of ether oxygens (including phenoxy) is 1. The van der Waals surface area contributed by atoms with Crippen LogP contribution in [-0.2, 0) is 9.53 Å². The Hall–Kier alpha value is -1.30. The number of rotatable bonds is 4. The summed E-state index contributed by atoms with van der Waals surface area (Å²) in [6.45, 7) is 3.11. The van der Waals surface area contributed by atoms with Crippen molar-refractivity contribution in [2.24, 2.45) is 5.41 Å². The van der Waals surface area contributed by atoms with Gasteiger partial charge >= 0.3 is 12.0 Å². The van der Waals surface area contributed by atoms with E-state index in [-0.39, 0.29) is 17.6 Å². The number of nitrogens with one attached hydrogen (secondary N) is 1. The van der Waals surface area contributed by atoms with Crippen molar-refractivity contribution in [1.29, 1.82) is 0 Å². The summed E-state index contributed by atoms with van der Waals surface area (Å²) in [7, 11) is 1.54. The molecule has 2 aliphatic rings. The fourth-order valence-electron chi connectivity index (χ4n) is 2.77. The molecule has 19 heavy (non-hydrogen) atoms. The van der Waals surface area contributed by atoms with Crippen molar-refractivity contribution in [3.05, 3.63) is 0 Å². The predicted molar refractivity (Wildman–Crippen MR) is 68.9 cm³/mol. The summed E-state index contributed by atoms with van der Waals surface area (Å²) in [5.41, 5.74) is 0.189. The molecule has 2 N–H and O–H groups in total. The number of urea groups is 1. The predicted octanol–water partition coefficient (Wildman–Crippen LogP) is 1.06. The van der Waals surface area contributed by atoms with E-state index >= 15 is 0 Å². The number of amides is 2. The highest BCUT2D eigenvalue weighted by Gasteiger charge is 2.40. The van der Waals surface area contributed by atoms with Crippen LogP contribution in [0.15, 0.2) is 0 Å². The van der Waals surface area contributed by atoms with E-state index in [0.29, 0.717) is 19.5 Å². The number of carboxylic acid groups (broad SMARTS) is 1. The number of aliphatic carboxylic acids is 1. The SMILES string of the molecule is COC1CC(C(=O)O)N(C(=O)NCC2(C)CCC2)C1. The molecule has 2 atom stereocenters. The number of methoxy groups -OCH3 is 1. The van der Waals surface area contributed by atoms with Crippen molar-refractivity contribution in [2.75, 3.05) is 20.2 Å². The first-order valence-electron chi connectivity index (χ1n) is 6.75. The Balaban J connectivity index is 1.91. The Morgan fingerprint density at radius 2 is 2.16 bits per heavy atom. The van der Waals surface area contributed by atoms with E-state index in [1.54, 1.807) is 7.11 Å². The molecule has 2 unspecified atom stereocenters. The Kier molecular flexibility index (Phi) is 3.99. The number of likely N-dealkylation sites (tertiary alicyclic amines) is 1. The van der Waals surface area contributed by atoms with Crippen molar-refractivity contribution in [3.8, 4) is 0 Å². The summed E-state index contributed by atoms with van der Waals surface area (Å²) >= 11 is 0. The van der Waals surface area contributed by atoms with Crippen LogP contribution in [0.5, 0.6) is 0 Å². The maximum Gasteiger partial charge on any atom is 0.326 e. The molecule has 108 valence electrons. The van der Waals surface area contributed by atoms with Crippen LogP contribution in [0.2, 0.25) is 0 Å². The van der Waals surface area contributed by atoms with Crippen molar-refractivity contribution in [3.63, 3.8) is 0 Å². The Labute approximate surface area is 113 Å². The second kappa shape index (κ2) is 5.36. The third-order valence-electron chi connectivity index (χ3n) is 4.37. The van der Waals surface area contributed by atoms with Gasteiger partial charge in [-0.3, -0.25) is 0 Å². The van der Waals surface area contributed by atoms with E-state index in [1.165, 1.54) is 11.3 Å². The van der Waals surface area contributed by atoms with Gasteiger partial charge in [-0.05, 0) is 18.3 Å². The smallest absolute Gasteiger partial charge is 0.326 e. The topological polar surface area (TPSA) is 78.9 Å². The van der Waals surface area contributed by atoms with Gasteiger partial charge in [0, 0.05) is 26.6 Å². The van der Waals surface area contributed by atoms with Gasteiger partial charge in [-0.15, -0.1) is 0 Å². The van der Waals surface area contributed by atoms with E-state index in [9.17, 15) is 9.59 Å². The summed E-state index contributed by atoms with van der Waals surface area (Å²) < 4.78 is 5.16. The van der Waals surface area contributed by atoms with Crippen LogP contribution < -0.4 is 5.32 Å². The summed E-state index contributed by atoms with van der Waals surface area (Å²) in [6, 6.07) is -1.07. The van der Waals surface area contributed by atoms with Crippen LogP contribution in [0.4, 0.5) is 4.79 Å². The number of nitrogens with zero attached hydrogens (tertiary/aromatic N) is 1. The minimum absolute atomic E-state index is 0.189. The fourth-order valence-corrected chi connectivity index (χ4v) is 2.77. The molecule has 2 fully saturated rings. The van der Waals surface area contributed by atoms with Gasteiger partial charge < -0.3 is 20.1 Å². The lowest BCUT2D eigenvalue weighted by Crippen LogP contribution is -2.49. The van der Waals surface area contributed by atoms with Crippen LogP contribution in [0, 0.1) is 5.41 Å². The number of carboxylic acids is 1. The molecule has 6 heteroatoms. The molecule has 0 spiro atoms. The van der Waals surface area contributed by atoms with Crippen LogP contribution in [-0.4, -0.2) is 54.4 Å². The highest BCUT2D eigenvalue weighted by Crippen LogP contribution is 2.39. The molecule has 0 aromatic carbocycles. The Morgan fingerprint density at radius 1 is 1.47 bits per heavy atom. The molecule has 2 rings (SSSR count). The molecular weight excluding hydrogens is 248 g/mol. The van der Waals surface area contributed by atoms with Crippen molar-refractivity contribution < 1.29 is 19.4 Å². The molecule has 0 aromatic heterocycles. The first-order valence-corrected chi connectivity index (χ1v) is 6.75. The maximum absolute atomic E-state index is 12.1. The second-order valence-electron chi connectivity index (χ2n) is 5.92. The molecular formula is C13H22N2O4. The van der Waals surface area contributed by atoms with Gasteiger partial charge in [0.2, 0.25) is 0 Å². The van der Waals surface area contributed by atoms with Crippen molar-refractivity contribution in [1.82, 2.24) is 10.2 Å². The molecule has 1 heterocycles. The molecule has 1 saturated heterocycles. The first-order chi connectivity index (χ1) is 8.95. The van der Waals surface area contributed by atoms with E-state index in [4.69, 9.17) is 9.84 Å². The second-order valence-corrected chi connectivity index (χ2v) is 5.92. The van der Waals surface area contributed by atoms with Gasteiger partial charge in [0.05, 0.1) is 6.10 Å². The highest BCUT2D eigenvalue weighted by atomic mass is 16.5. The normalized spacial score (nSPS) is 28.8. The molecule has 0 bridgehead atoms. The number of carbonyl (C=O) groups is 2. The summed E-state index contributed by atoms with van der Waals surface area (Å²) in [5.74, 6) is -0.968. The minimum atomic E-state index is -0.968. The Bertz CT molecular complexity index is 368. The van der Waals surface area contributed by atoms with Gasteiger partial charge in [0.25, 0.3) is 0 Å². The standard InChI is InChI=1S/C13H22N2O4/c1-13(4-3-5-13)8-14-12(18)15-7-9(19-2)6-10(15)11(16)17/h9-10H,3-8H2,1-2H3,(H,14,18)(H,16,17). The largest absolute Gasteiger partial charge is 0.480 e. The van der Waals surface area contributed by atoms with E-state index < -0.39 is 12.0 Å². The van der Waals surface area contributed by atoms with Gasteiger partial charge in [0.15, 0.2) is 0 Å². The lowest BCUT2D eigenvalue weighted by atomic mass is 9.70. The van der Waals surface area contributed by atoms with Gasteiger partial charge in [-0.25, -0.2) is 9.59 Å². The summed E-state index contributed by atoms with van der Waals surface area (Å²) in [4.78, 5) is 24.6. The summed E-state index contributed by atoms with van der Waals surface area (Å²) in [5, 5.41) is 12.0. The summed E-state index contributed by atoms with van der Waals surface area (Å²) in [6.07, 6.45) is 3.62. The van der Waals surface area contributed by atoms with Gasteiger partial charge in [-0.1, -0.05) is 13.3 Å². The minimum Gasteiger partial charge on any atom is -0.480 e. The fraction of sp³-hybridized carbons (Fsp3) is 0.846. The molecule has 1 aliphatic heterocycles. The van der Waals surface area contributed by atoms with Crippen LogP contribution in [0.3, 0.4) is 0 Å². The molecule has 0 radical (unpaired) electrons.